The summed E-state index contributed by atoms with van der Waals surface area (Å²) < 4.78 is 7.37. The van der Waals surface area contributed by atoms with Gasteiger partial charge in [0.1, 0.15) is 0 Å². The number of rotatable bonds is 5. The summed E-state index contributed by atoms with van der Waals surface area (Å²) in [7, 11) is 3.76. The van der Waals surface area contributed by atoms with Gasteiger partial charge in [-0.15, -0.1) is 0 Å². The first-order valence-corrected chi connectivity index (χ1v) is 8.77. The summed E-state index contributed by atoms with van der Waals surface area (Å²) in [5, 5.41) is 5.56. The second-order valence-corrected chi connectivity index (χ2v) is 6.96. The van der Waals surface area contributed by atoms with Gasteiger partial charge < -0.3 is 4.74 Å². The molecule has 1 fully saturated rings. The van der Waals surface area contributed by atoms with Crippen molar-refractivity contribution < 1.29 is 4.74 Å². The van der Waals surface area contributed by atoms with Crippen LogP contribution in [0.15, 0.2) is 48.9 Å². The fourth-order valence-corrected chi connectivity index (χ4v) is 4.02. The lowest BCUT2D eigenvalue weighted by Crippen LogP contribution is -2.21. The summed E-state index contributed by atoms with van der Waals surface area (Å²) in [5.74, 6) is 0.966. The fraction of sp³-hybridized carbons (Fsp3) is 0.400. The number of hydrogen-bond donors (Lipinski definition) is 0. The highest BCUT2D eigenvalue weighted by Gasteiger charge is 2.34. The number of methoxy groups -OCH3 is 1. The smallest absolute Gasteiger partial charge is 0.0746 e. The average Bonchev–Trinajstić information content (AvgIpc) is 3.22. The minimum Gasteiger partial charge on any atom is -0.384 e. The van der Waals surface area contributed by atoms with Crippen molar-refractivity contribution in [2.45, 2.75) is 12.5 Å². The highest BCUT2D eigenvalue weighted by molar-refractivity contribution is 5.81. The Balaban J connectivity index is 1.57. The van der Waals surface area contributed by atoms with Gasteiger partial charge in [0.15, 0.2) is 0 Å². The second kappa shape index (κ2) is 6.94. The van der Waals surface area contributed by atoms with E-state index in [-0.39, 0.29) is 0 Å². The van der Waals surface area contributed by atoms with E-state index >= 15 is 0 Å². The minimum atomic E-state index is 0.469. The molecule has 2 atom stereocenters. The zero-order valence-corrected chi connectivity index (χ0v) is 14.8. The molecule has 0 N–H and O–H groups in total. The van der Waals surface area contributed by atoms with Crippen molar-refractivity contribution in [3.8, 4) is 0 Å². The van der Waals surface area contributed by atoms with Gasteiger partial charge in [-0.05, 0) is 17.2 Å². The van der Waals surface area contributed by atoms with Crippen molar-refractivity contribution in [2.75, 3.05) is 26.8 Å². The highest BCUT2D eigenvalue weighted by atomic mass is 16.5. The molecule has 0 unspecified atom stereocenters. The Hall–Kier alpha value is -2.24. The molecule has 0 amide bonds. The van der Waals surface area contributed by atoms with Gasteiger partial charge in [-0.3, -0.25) is 14.6 Å². The van der Waals surface area contributed by atoms with E-state index in [1.807, 2.05) is 30.2 Å². The molecule has 4 rings (SSSR count). The molecule has 1 aliphatic rings. The van der Waals surface area contributed by atoms with E-state index in [0.29, 0.717) is 11.8 Å². The molecular weight excluding hydrogens is 312 g/mol. The lowest BCUT2D eigenvalue weighted by molar-refractivity contribution is 0.147. The Labute approximate surface area is 148 Å². The van der Waals surface area contributed by atoms with Crippen LogP contribution in [0.5, 0.6) is 0 Å². The van der Waals surface area contributed by atoms with Gasteiger partial charge in [0.05, 0.1) is 18.3 Å². The normalized spacial score (nSPS) is 21.2. The molecule has 0 bridgehead atoms. The Morgan fingerprint density at radius 2 is 2.08 bits per heavy atom. The molecule has 130 valence electrons. The Bertz CT molecular complexity index is 854. The van der Waals surface area contributed by atoms with E-state index in [4.69, 9.17) is 4.74 Å². The number of benzene rings is 1. The average molecular weight is 336 g/mol. The van der Waals surface area contributed by atoms with Crippen LogP contribution in [0.25, 0.3) is 10.9 Å². The number of hydrogen-bond acceptors (Lipinski definition) is 4. The summed E-state index contributed by atoms with van der Waals surface area (Å²) in [6.07, 6.45) is 6.01. The minimum absolute atomic E-state index is 0.469. The first-order chi connectivity index (χ1) is 12.2. The van der Waals surface area contributed by atoms with Crippen LogP contribution in [0.1, 0.15) is 17.0 Å². The van der Waals surface area contributed by atoms with E-state index < -0.39 is 0 Å². The number of fused-ring (bicyclic) bond motifs is 1. The van der Waals surface area contributed by atoms with Gasteiger partial charge in [0.25, 0.3) is 0 Å². The molecule has 1 aromatic carbocycles. The molecule has 2 aromatic heterocycles. The van der Waals surface area contributed by atoms with E-state index in [0.717, 1.165) is 31.8 Å². The molecule has 0 aliphatic carbocycles. The van der Waals surface area contributed by atoms with Crippen LogP contribution in [0.4, 0.5) is 0 Å². The van der Waals surface area contributed by atoms with Gasteiger partial charge in [0, 0.05) is 63.4 Å². The summed E-state index contributed by atoms with van der Waals surface area (Å²) in [4.78, 5) is 7.11. The van der Waals surface area contributed by atoms with Crippen LogP contribution in [0, 0.1) is 5.92 Å². The van der Waals surface area contributed by atoms with Gasteiger partial charge in [-0.25, -0.2) is 0 Å². The summed E-state index contributed by atoms with van der Waals surface area (Å²) in [6, 6.07) is 10.6. The number of pyridine rings is 1. The molecule has 5 heteroatoms. The third-order valence-electron chi connectivity index (χ3n) is 5.16. The number of aryl methyl sites for hydroxylation is 1. The first kappa shape index (κ1) is 16.2. The molecule has 3 aromatic rings. The van der Waals surface area contributed by atoms with Crippen LogP contribution in [0.3, 0.4) is 0 Å². The van der Waals surface area contributed by atoms with Gasteiger partial charge in [0.2, 0.25) is 0 Å². The molecule has 25 heavy (non-hydrogen) atoms. The predicted octanol–water partition coefficient (Wildman–Crippen LogP) is 2.83. The van der Waals surface area contributed by atoms with Crippen LogP contribution in [-0.2, 0) is 18.3 Å². The lowest BCUT2D eigenvalue weighted by atomic mass is 9.92. The quantitative estimate of drug-likeness (QED) is 0.719. The maximum absolute atomic E-state index is 5.49. The lowest BCUT2D eigenvalue weighted by Gasteiger charge is -2.16. The van der Waals surface area contributed by atoms with Crippen molar-refractivity contribution >= 4 is 10.9 Å². The third-order valence-corrected chi connectivity index (χ3v) is 5.16. The Morgan fingerprint density at radius 1 is 1.20 bits per heavy atom. The molecule has 5 nitrogen and oxygen atoms in total. The number of para-hydroxylation sites is 1. The van der Waals surface area contributed by atoms with Gasteiger partial charge in [-0.1, -0.05) is 24.3 Å². The molecular formula is C20H24N4O. The van der Waals surface area contributed by atoms with Crippen molar-refractivity contribution in [3.63, 3.8) is 0 Å². The maximum atomic E-state index is 5.49. The monoisotopic (exact) mass is 336 g/mol. The van der Waals surface area contributed by atoms with Crippen LogP contribution >= 0.6 is 0 Å². The van der Waals surface area contributed by atoms with Gasteiger partial charge >= 0.3 is 0 Å². The van der Waals surface area contributed by atoms with Gasteiger partial charge in [-0.2, -0.15) is 5.10 Å². The molecule has 0 radical (unpaired) electrons. The third kappa shape index (κ3) is 3.30. The fourth-order valence-electron chi connectivity index (χ4n) is 4.02. The first-order valence-electron chi connectivity index (χ1n) is 8.77. The molecule has 0 spiro atoms. The van der Waals surface area contributed by atoms with E-state index in [9.17, 15) is 0 Å². The maximum Gasteiger partial charge on any atom is 0.0746 e. The second-order valence-electron chi connectivity index (χ2n) is 6.96. The Morgan fingerprint density at radius 3 is 2.88 bits per heavy atom. The van der Waals surface area contributed by atoms with Crippen molar-refractivity contribution in [3.05, 3.63) is 60.0 Å². The summed E-state index contributed by atoms with van der Waals surface area (Å²) in [6.45, 7) is 3.77. The largest absolute Gasteiger partial charge is 0.384 e. The van der Waals surface area contributed by atoms with Crippen molar-refractivity contribution in [1.82, 2.24) is 19.7 Å². The number of aromatic nitrogens is 3. The standard InChI is InChI=1S/C20H24N4O/c1-23-10-17(9-22-23)19-13-24(12-18(19)14-25-2)11-16-6-3-5-15-7-4-8-21-20(15)16/h3-10,18-19H,11-14H2,1-2H3/t18-,19-/m0/s1. The molecule has 1 saturated heterocycles. The summed E-state index contributed by atoms with van der Waals surface area (Å²) in [5.41, 5.74) is 3.71. The molecule has 1 aliphatic heterocycles. The number of nitrogens with zero attached hydrogens (tertiary/aromatic N) is 4. The van der Waals surface area contributed by atoms with Crippen LogP contribution in [-0.4, -0.2) is 46.5 Å². The summed E-state index contributed by atoms with van der Waals surface area (Å²) >= 11 is 0. The number of ether oxygens (including phenoxy) is 1. The SMILES string of the molecule is COC[C@@H]1CN(Cc2cccc3cccnc23)C[C@H]1c1cnn(C)c1. The van der Waals surface area contributed by atoms with E-state index in [1.54, 1.807) is 7.11 Å². The van der Waals surface area contributed by atoms with Crippen LogP contribution < -0.4 is 0 Å². The highest BCUT2D eigenvalue weighted by Crippen LogP contribution is 2.34. The van der Waals surface area contributed by atoms with Crippen molar-refractivity contribution in [1.29, 1.82) is 0 Å². The van der Waals surface area contributed by atoms with Crippen molar-refractivity contribution in [2.24, 2.45) is 13.0 Å². The topological polar surface area (TPSA) is 43.2 Å². The Kier molecular flexibility index (Phi) is 4.51. The molecule has 3 heterocycles. The predicted molar refractivity (Wildman–Crippen MR) is 98.3 cm³/mol. The van der Waals surface area contributed by atoms with E-state index in [2.05, 4.69) is 45.4 Å². The zero-order valence-electron chi connectivity index (χ0n) is 14.8. The van der Waals surface area contributed by atoms with E-state index in [1.165, 1.54) is 16.5 Å². The van der Waals surface area contributed by atoms with Crippen LogP contribution in [0.2, 0.25) is 0 Å². The molecule has 0 saturated carbocycles. The zero-order chi connectivity index (χ0) is 17.2. The number of likely N-dealkylation sites (tertiary alicyclic amines) is 1.